The Morgan fingerprint density at radius 3 is 2.00 bits per heavy atom. The van der Waals surface area contributed by atoms with Gasteiger partial charge in [-0.3, -0.25) is 0 Å². The van der Waals surface area contributed by atoms with Crippen molar-refractivity contribution in [1.29, 1.82) is 0 Å². The van der Waals surface area contributed by atoms with Crippen LogP contribution < -0.4 is 0 Å². The number of aliphatic hydroxyl groups excluding tert-OH is 1. The second-order valence-electron chi connectivity index (χ2n) is 1.77. The summed E-state index contributed by atoms with van der Waals surface area (Å²) < 4.78 is 9.50. The Morgan fingerprint density at radius 1 is 1.29 bits per heavy atom. The van der Waals surface area contributed by atoms with Crippen molar-refractivity contribution in [3.8, 4) is 0 Å². The Bertz CT molecular complexity index is 64.8. The van der Waals surface area contributed by atoms with Crippen LogP contribution in [-0.2, 0) is 42.2 Å². The summed E-state index contributed by atoms with van der Waals surface area (Å²) in [5.41, 5.74) is 0. The quantitative estimate of drug-likeness (QED) is 0.608. The summed E-state index contributed by atoms with van der Waals surface area (Å²) >= 11 is 0. The van der Waals surface area contributed by atoms with Gasteiger partial charge >= 0.3 is 0 Å². The van der Waals surface area contributed by atoms with Gasteiger partial charge in [-0.25, -0.2) is 7.11 Å². The molecule has 0 fully saturated rings. The first-order valence-corrected chi connectivity index (χ1v) is 2.90. The van der Waals surface area contributed by atoms with E-state index in [1.165, 1.54) is 0 Å². The normalized spacial score (nSPS) is 8.79. The van der Waals surface area contributed by atoms with Crippen LogP contribution in [0.3, 0.4) is 0 Å². The van der Waals surface area contributed by atoms with E-state index in [-0.39, 0.29) is 73.2 Å². The maximum atomic E-state index is 8.45. The average molecular weight is 287 g/mol. The van der Waals surface area contributed by atoms with Crippen molar-refractivity contribution in [2.45, 2.75) is 27.9 Å². The van der Waals surface area contributed by atoms with Crippen LogP contribution in [0.25, 0.3) is 0 Å². The van der Waals surface area contributed by atoms with Gasteiger partial charge < -0.3 is 27.5 Å². The molecule has 1 atom stereocenters. The smallest absolute Gasteiger partial charge is 0.0778 e. The number of hydrogen-bond donors (Lipinski definition) is 1. The zero-order chi connectivity index (χ0) is 7.11. The first-order valence-electron chi connectivity index (χ1n) is 2.90. The van der Waals surface area contributed by atoms with Crippen LogP contribution in [0.15, 0.2) is 0 Å². The molecule has 1 unspecified atom stereocenters. The zero-order valence-corrected chi connectivity index (χ0v) is 10.6. The molecule has 4 nitrogen and oxygen atoms in total. The summed E-state index contributed by atoms with van der Waals surface area (Å²) in [5, 5.41) is 8.45. The summed E-state index contributed by atoms with van der Waals surface area (Å²) in [6.45, 7) is 2.82. The van der Waals surface area contributed by atoms with Crippen molar-refractivity contribution >= 4 is 0 Å². The van der Waals surface area contributed by atoms with Gasteiger partial charge in [0.05, 0.1) is 19.3 Å². The second-order valence-corrected chi connectivity index (χ2v) is 1.77. The van der Waals surface area contributed by atoms with E-state index >= 15 is 0 Å². The molecule has 0 saturated carbocycles. The minimum Gasteiger partial charge on any atom is -0.553 e. The van der Waals surface area contributed by atoms with Gasteiger partial charge in [-0.05, 0) is 6.92 Å². The molecule has 0 spiro atoms. The van der Waals surface area contributed by atoms with Gasteiger partial charge in [0.15, 0.2) is 0 Å². The molecule has 3 N–H and O–H groups in total. The molecule has 0 amide bonds. The van der Waals surface area contributed by atoms with Crippen LogP contribution in [-0.4, -0.2) is 36.5 Å². The average Bonchev–Trinajstić information content (AvgIpc) is 1.89. The van der Waals surface area contributed by atoms with Gasteiger partial charge in [0.1, 0.15) is 0 Å². The minimum absolute atomic E-state index is 0. The Morgan fingerprint density at radius 2 is 1.71 bits per heavy atom. The van der Waals surface area contributed by atoms with E-state index in [1.54, 1.807) is 6.92 Å². The van der Waals surface area contributed by atoms with Crippen LogP contribution in [0.2, 0.25) is 0 Å². The van der Waals surface area contributed by atoms with E-state index in [0.29, 0.717) is 13.2 Å². The van der Waals surface area contributed by atoms with Crippen molar-refractivity contribution in [2.24, 2.45) is 0 Å². The van der Waals surface area contributed by atoms with Gasteiger partial charge in [0.2, 0.25) is 0 Å². The van der Waals surface area contributed by atoms with E-state index in [2.05, 4.69) is 11.8 Å². The largest absolute Gasteiger partial charge is 0.553 e. The molecule has 0 rings (SSSR count). The molecule has 0 aliphatic heterocycles. The van der Waals surface area contributed by atoms with Crippen molar-refractivity contribution in [2.75, 3.05) is 19.8 Å². The van der Waals surface area contributed by atoms with Gasteiger partial charge in [-0.1, -0.05) is 14.9 Å². The van der Waals surface area contributed by atoms with Gasteiger partial charge in [0.25, 0.3) is 0 Å². The minimum atomic E-state index is -0.0971. The fourth-order valence-electron chi connectivity index (χ4n) is 0.361. The number of ether oxygens (including phenoxy) is 2. The molecule has 0 bridgehead atoms. The maximum Gasteiger partial charge on any atom is 0.0778 e. The molecule has 0 heterocycles. The molecule has 1 radical (unpaired) electrons. The van der Waals surface area contributed by atoms with Gasteiger partial charge in [-0.2, -0.15) is 0 Å². The monoisotopic (exact) mass is 287 g/mol. The molecule has 14 heavy (non-hydrogen) atoms. The third-order valence-electron chi connectivity index (χ3n) is 0.887. The standard InChI is InChI=1S/C6H13O3.2CH4.CH3.H2O.Y/c1-6(5-7)9-4-3-8-2;;;;;/h6-7H,2-5H2,1H3;2*1H4;1H3;1H2;/q-1;;;-1;;. The summed E-state index contributed by atoms with van der Waals surface area (Å²) in [6, 6.07) is 0. The topological polar surface area (TPSA) is 70.2 Å². The first kappa shape index (κ1) is 36.3. The molecule has 0 aromatic heterocycles. The summed E-state index contributed by atoms with van der Waals surface area (Å²) in [4.78, 5) is 0. The van der Waals surface area contributed by atoms with E-state index in [0.717, 1.165) is 0 Å². The molecule has 0 aliphatic rings. The summed E-state index contributed by atoms with van der Waals surface area (Å²) in [6.07, 6.45) is -0.0971. The van der Waals surface area contributed by atoms with Gasteiger partial charge in [-0.15, -0.1) is 0 Å². The molecule has 0 aliphatic carbocycles. The molecule has 0 aromatic carbocycles. The van der Waals surface area contributed by atoms with Crippen molar-refractivity contribution in [1.82, 2.24) is 0 Å². The Kier molecular flexibility index (Phi) is 75.8. The SMILES string of the molecule is C.C.O.[CH2-]OCCOC(C)CO.[CH3-].[Y]. The number of rotatable bonds is 5. The molecular formula is C9H26O4Y-2. The van der Waals surface area contributed by atoms with Crippen LogP contribution in [0.4, 0.5) is 0 Å². The Labute approximate surface area is 115 Å². The third-order valence-corrected chi connectivity index (χ3v) is 0.887. The maximum absolute atomic E-state index is 8.45. The predicted molar refractivity (Wildman–Crippen MR) is 57.3 cm³/mol. The molecule has 0 aromatic rings. The van der Waals surface area contributed by atoms with Crippen LogP contribution in [0.5, 0.6) is 0 Å². The fourth-order valence-corrected chi connectivity index (χ4v) is 0.361. The van der Waals surface area contributed by atoms with E-state index in [4.69, 9.17) is 9.84 Å². The predicted octanol–water partition coefficient (Wildman–Crippen LogP) is 1.09. The first-order chi connectivity index (χ1) is 4.31. The van der Waals surface area contributed by atoms with E-state index in [1.807, 2.05) is 0 Å². The second kappa shape index (κ2) is 29.2. The van der Waals surface area contributed by atoms with Crippen LogP contribution in [0, 0.1) is 14.5 Å². The van der Waals surface area contributed by atoms with Crippen molar-refractivity contribution in [3.63, 3.8) is 0 Å². The van der Waals surface area contributed by atoms with Gasteiger partial charge in [0, 0.05) is 39.3 Å². The molecule has 5 heteroatoms. The zero-order valence-electron chi connectivity index (χ0n) is 7.75. The molecular weight excluding hydrogens is 261 g/mol. The van der Waals surface area contributed by atoms with Crippen molar-refractivity contribution < 1.29 is 52.8 Å². The number of hydrogen-bond acceptors (Lipinski definition) is 3. The van der Waals surface area contributed by atoms with E-state index in [9.17, 15) is 0 Å². The van der Waals surface area contributed by atoms with Crippen molar-refractivity contribution in [3.05, 3.63) is 14.5 Å². The Balaban J connectivity index is -0.0000000320. The molecule has 91 valence electrons. The van der Waals surface area contributed by atoms with Crippen LogP contribution >= 0.6 is 0 Å². The number of aliphatic hydroxyl groups is 1. The third kappa shape index (κ3) is 29.3. The summed E-state index contributed by atoms with van der Waals surface area (Å²) in [5.74, 6) is 0. The summed E-state index contributed by atoms with van der Waals surface area (Å²) in [7, 11) is 3.17. The molecule has 0 saturated heterocycles. The fraction of sp³-hybridized carbons (Fsp3) is 0.778. The van der Waals surface area contributed by atoms with E-state index < -0.39 is 0 Å². The Hall–Kier alpha value is 0.944. The van der Waals surface area contributed by atoms with Crippen LogP contribution in [0.1, 0.15) is 21.8 Å².